The van der Waals surface area contributed by atoms with Crippen molar-refractivity contribution in [3.63, 3.8) is 0 Å². The van der Waals surface area contributed by atoms with Crippen LogP contribution >= 0.6 is 0 Å². The third-order valence-electron chi connectivity index (χ3n) is 1.33. The van der Waals surface area contributed by atoms with E-state index in [4.69, 9.17) is 0 Å². The maximum atomic E-state index is 10.6. The van der Waals surface area contributed by atoms with Gasteiger partial charge >= 0.3 is 5.97 Å². The summed E-state index contributed by atoms with van der Waals surface area (Å²) >= 11 is 0. The van der Waals surface area contributed by atoms with Crippen LogP contribution in [-0.2, 0) is 9.53 Å². The van der Waals surface area contributed by atoms with Crippen molar-refractivity contribution in [2.45, 2.75) is 0 Å². The van der Waals surface area contributed by atoms with Gasteiger partial charge in [0.2, 0.25) is 0 Å². The molecule has 1 aromatic carbocycles. The highest BCUT2D eigenvalue weighted by Gasteiger charge is 1.87. The molecule has 0 aliphatic rings. The first-order valence-corrected chi connectivity index (χ1v) is 3.75. The van der Waals surface area contributed by atoms with E-state index in [-0.39, 0.29) is 0 Å². The lowest BCUT2D eigenvalue weighted by molar-refractivity contribution is -0.134. The van der Waals surface area contributed by atoms with E-state index >= 15 is 0 Å². The molecule has 0 N–H and O–H groups in total. The van der Waals surface area contributed by atoms with E-state index in [1.165, 1.54) is 7.11 Å². The van der Waals surface area contributed by atoms with Crippen LogP contribution in [0.15, 0.2) is 41.4 Å². The van der Waals surface area contributed by atoms with Gasteiger partial charge in [-0.2, -0.15) is 0 Å². The van der Waals surface area contributed by atoms with Gasteiger partial charge in [-0.25, -0.2) is 9.79 Å². The summed E-state index contributed by atoms with van der Waals surface area (Å²) in [4.78, 5) is 14.5. The maximum absolute atomic E-state index is 10.6. The van der Waals surface area contributed by atoms with Crippen molar-refractivity contribution in [3.8, 4) is 0 Å². The summed E-state index contributed by atoms with van der Waals surface area (Å²) < 4.78 is 4.37. The third kappa shape index (κ3) is 3.36. The number of ether oxygens (including phenoxy) is 1. The van der Waals surface area contributed by atoms with E-state index in [1.807, 2.05) is 30.3 Å². The summed E-state index contributed by atoms with van der Waals surface area (Å²) in [6.07, 6.45) is 1.15. The van der Waals surface area contributed by atoms with Crippen LogP contribution in [0.4, 0.5) is 5.69 Å². The molecule has 0 saturated heterocycles. The number of carbonyl (C=O) groups excluding carboxylic acids is 1. The molecule has 0 aliphatic heterocycles. The maximum Gasteiger partial charge on any atom is 0.339 e. The highest BCUT2D eigenvalue weighted by molar-refractivity contribution is 5.91. The standard InChI is InChI=1S/C10H9NO2/c1-13-10(12)7-8-11-9-5-3-2-4-6-9/h2-7H,1H3. The fraction of sp³-hybridized carbons (Fsp3) is 0.100. The Morgan fingerprint density at radius 2 is 2.15 bits per heavy atom. The van der Waals surface area contributed by atoms with E-state index in [2.05, 4.69) is 15.6 Å². The van der Waals surface area contributed by atoms with Gasteiger partial charge in [0.1, 0.15) is 0 Å². The van der Waals surface area contributed by atoms with Crippen LogP contribution in [0.1, 0.15) is 0 Å². The average molecular weight is 175 g/mol. The van der Waals surface area contributed by atoms with Crippen LogP contribution in [0.2, 0.25) is 0 Å². The first kappa shape index (κ1) is 9.23. The van der Waals surface area contributed by atoms with E-state index in [0.717, 1.165) is 11.8 Å². The normalized spacial score (nSPS) is 8.38. The molecule has 0 saturated carbocycles. The van der Waals surface area contributed by atoms with Crippen molar-refractivity contribution in [2.24, 2.45) is 4.99 Å². The second-order valence-electron chi connectivity index (χ2n) is 2.24. The van der Waals surface area contributed by atoms with Crippen LogP contribution in [0.5, 0.6) is 0 Å². The zero-order valence-corrected chi connectivity index (χ0v) is 7.23. The molecule has 1 aromatic rings. The Hall–Kier alpha value is -1.86. The average Bonchev–Trinajstić information content (AvgIpc) is 2.19. The molecule has 0 atom stereocenters. The van der Waals surface area contributed by atoms with E-state index in [1.54, 1.807) is 0 Å². The van der Waals surface area contributed by atoms with Crippen LogP contribution in [0.25, 0.3) is 0 Å². The molecule has 0 aliphatic carbocycles. The summed E-state index contributed by atoms with van der Waals surface area (Å²) in [6.45, 7) is 0. The molecule has 0 spiro atoms. The predicted molar refractivity (Wildman–Crippen MR) is 50.1 cm³/mol. The van der Waals surface area contributed by atoms with Crippen molar-refractivity contribution in [3.05, 3.63) is 36.4 Å². The van der Waals surface area contributed by atoms with E-state index in [0.29, 0.717) is 0 Å². The highest BCUT2D eigenvalue weighted by atomic mass is 16.5. The van der Waals surface area contributed by atoms with Gasteiger partial charge in [0.25, 0.3) is 0 Å². The first-order valence-electron chi connectivity index (χ1n) is 3.75. The number of hydrogen-bond donors (Lipinski definition) is 0. The SMILES string of the molecule is COC(=O)C=C=Nc1ccccc1. The molecule has 66 valence electrons. The van der Waals surface area contributed by atoms with Crippen LogP contribution in [0.3, 0.4) is 0 Å². The molecule has 0 radical (unpaired) electrons. The number of benzene rings is 1. The number of hydrogen-bond acceptors (Lipinski definition) is 3. The molecule has 0 heterocycles. The lowest BCUT2D eigenvalue weighted by Gasteiger charge is -1.86. The quantitative estimate of drug-likeness (QED) is 0.390. The summed E-state index contributed by atoms with van der Waals surface area (Å²) in [7, 11) is 1.31. The Bertz CT molecular complexity index is 337. The number of esters is 1. The van der Waals surface area contributed by atoms with Gasteiger partial charge in [-0.15, -0.1) is 0 Å². The largest absolute Gasteiger partial charge is 0.465 e. The fourth-order valence-corrected chi connectivity index (χ4v) is 0.721. The lowest BCUT2D eigenvalue weighted by atomic mass is 10.3. The van der Waals surface area contributed by atoms with Gasteiger partial charge < -0.3 is 4.74 Å². The number of rotatable bonds is 2. The topological polar surface area (TPSA) is 38.7 Å². The summed E-state index contributed by atoms with van der Waals surface area (Å²) in [5, 5.41) is 0. The number of methoxy groups -OCH3 is 1. The smallest absolute Gasteiger partial charge is 0.339 e. The minimum atomic E-state index is -0.459. The third-order valence-corrected chi connectivity index (χ3v) is 1.33. The molecule has 13 heavy (non-hydrogen) atoms. The van der Waals surface area contributed by atoms with E-state index in [9.17, 15) is 4.79 Å². The summed E-state index contributed by atoms with van der Waals surface area (Å²) in [5.74, 6) is 2.02. The van der Waals surface area contributed by atoms with Crippen molar-refractivity contribution >= 4 is 17.5 Å². The Labute approximate surface area is 76.4 Å². The zero-order chi connectivity index (χ0) is 9.52. The molecule has 0 unspecified atom stereocenters. The lowest BCUT2D eigenvalue weighted by Crippen LogP contribution is -1.93. The van der Waals surface area contributed by atoms with Crippen molar-refractivity contribution < 1.29 is 9.53 Å². The number of nitrogens with zero attached hydrogens (tertiary/aromatic N) is 1. The van der Waals surface area contributed by atoms with Crippen molar-refractivity contribution in [2.75, 3.05) is 7.11 Å². The number of carbonyl (C=O) groups is 1. The molecular formula is C10H9NO2. The van der Waals surface area contributed by atoms with Gasteiger partial charge in [0.05, 0.1) is 18.9 Å². The molecule has 3 nitrogen and oxygen atoms in total. The van der Waals surface area contributed by atoms with Gasteiger partial charge in [-0.3, -0.25) is 0 Å². The highest BCUT2D eigenvalue weighted by Crippen LogP contribution is 2.07. The second-order valence-corrected chi connectivity index (χ2v) is 2.24. The molecule has 0 amide bonds. The predicted octanol–water partition coefficient (Wildman–Crippen LogP) is 1.72. The van der Waals surface area contributed by atoms with Gasteiger partial charge in [-0.1, -0.05) is 18.2 Å². The molecule has 0 bridgehead atoms. The van der Waals surface area contributed by atoms with Crippen molar-refractivity contribution in [1.29, 1.82) is 0 Å². The van der Waals surface area contributed by atoms with Gasteiger partial charge in [0, 0.05) is 0 Å². The van der Waals surface area contributed by atoms with Crippen LogP contribution in [0, 0.1) is 0 Å². The Kier molecular flexibility index (Phi) is 3.48. The van der Waals surface area contributed by atoms with Gasteiger partial charge in [-0.05, 0) is 18.0 Å². The Balaban J connectivity index is 2.69. The summed E-state index contributed by atoms with van der Waals surface area (Å²) in [6, 6.07) is 9.25. The Morgan fingerprint density at radius 3 is 2.77 bits per heavy atom. The van der Waals surface area contributed by atoms with Crippen LogP contribution < -0.4 is 0 Å². The summed E-state index contributed by atoms with van der Waals surface area (Å²) in [5.41, 5.74) is 0.752. The second kappa shape index (κ2) is 4.91. The minimum absolute atomic E-state index is 0.459. The van der Waals surface area contributed by atoms with Crippen molar-refractivity contribution in [1.82, 2.24) is 0 Å². The Morgan fingerprint density at radius 1 is 1.46 bits per heavy atom. The zero-order valence-electron chi connectivity index (χ0n) is 7.23. The van der Waals surface area contributed by atoms with Gasteiger partial charge in [0.15, 0.2) is 0 Å². The first-order chi connectivity index (χ1) is 6.33. The molecule has 0 fully saturated rings. The molecule has 1 rings (SSSR count). The fourth-order valence-electron chi connectivity index (χ4n) is 0.721. The molecular weight excluding hydrogens is 166 g/mol. The van der Waals surface area contributed by atoms with E-state index < -0.39 is 5.97 Å². The number of para-hydroxylation sites is 1. The molecule has 0 aromatic heterocycles. The van der Waals surface area contributed by atoms with Crippen LogP contribution in [-0.4, -0.2) is 18.9 Å². The number of aliphatic imine (C=N–C) groups is 1. The molecule has 3 heteroatoms. The minimum Gasteiger partial charge on any atom is -0.465 e. The monoisotopic (exact) mass is 175 g/mol.